The van der Waals surface area contributed by atoms with Gasteiger partial charge in [0.2, 0.25) is 11.8 Å². The number of hydrogen-bond donors (Lipinski definition) is 2. The maximum atomic E-state index is 11.9. The minimum atomic E-state index is -0.196. The predicted octanol–water partition coefficient (Wildman–Crippen LogP) is 2.53. The van der Waals surface area contributed by atoms with E-state index in [1.54, 1.807) is 0 Å². The molecule has 1 unspecified atom stereocenters. The zero-order chi connectivity index (χ0) is 16.7. The van der Waals surface area contributed by atoms with E-state index >= 15 is 0 Å². The van der Waals surface area contributed by atoms with Gasteiger partial charge in [-0.1, -0.05) is 60.2 Å². The van der Waals surface area contributed by atoms with Crippen LogP contribution in [0.3, 0.4) is 0 Å². The summed E-state index contributed by atoms with van der Waals surface area (Å²) in [7, 11) is 0. The van der Waals surface area contributed by atoms with Crippen LogP contribution in [0.15, 0.2) is 54.6 Å². The van der Waals surface area contributed by atoms with Crippen molar-refractivity contribution in [2.24, 2.45) is 0 Å². The second-order valence-corrected chi connectivity index (χ2v) is 5.64. The van der Waals surface area contributed by atoms with Crippen LogP contribution in [0, 0.1) is 6.92 Å². The Labute approximate surface area is 136 Å². The highest BCUT2D eigenvalue weighted by Crippen LogP contribution is 2.10. The van der Waals surface area contributed by atoms with Gasteiger partial charge in [-0.15, -0.1) is 0 Å². The molecular formula is C19H22N2O2. The average Bonchev–Trinajstić information content (AvgIpc) is 2.56. The van der Waals surface area contributed by atoms with Crippen LogP contribution in [0.5, 0.6) is 0 Å². The van der Waals surface area contributed by atoms with Gasteiger partial charge in [0.05, 0.1) is 19.0 Å². The standard InChI is InChI=1S/C19H22N2O2/c1-14-8-10-16(11-9-14)12-18(22)20-13-19(23)21-15(2)17-6-4-3-5-7-17/h3-11,15H,12-13H2,1-2H3,(H,20,22)(H,21,23). The minimum Gasteiger partial charge on any atom is -0.348 e. The summed E-state index contributed by atoms with van der Waals surface area (Å²) in [6.07, 6.45) is 0.280. The number of benzene rings is 2. The van der Waals surface area contributed by atoms with Gasteiger partial charge in [-0.05, 0) is 25.0 Å². The summed E-state index contributed by atoms with van der Waals surface area (Å²) in [4.78, 5) is 23.8. The van der Waals surface area contributed by atoms with Crippen LogP contribution in [-0.2, 0) is 16.0 Å². The summed E-state index contributed by atoms with van der Waals surface area (Å²) in [5.41, 5.74) is 3.13. The van der Waals surface area contributed by atoms with E-state index in [0.717, 1.165) is 16.7 Å². The van der Waals surface area contributed by atoms with E-state index in [1.165, 1.54) is 0 Å². The van der Waals surface area contributed by atoms with Crippen molar-refractivity contribution in [3.8, 4) is 0 Å². The summed E-state index contributed by atoms with van der Waals surface area (Å²) in [5, 5.41) is 5.52. The molecule has 2 rings (SSSR count). The maximum Gasteiger partial charge on any atom is 0.239 e. The van der Waals surface area contributed by atoms with Crippen LogP contribution in [0.1, 0.15) is 29.7 Å². The van der Waals surface area contributed by atoms with Crippen LogP contribution < -0.4 is 10.6 Å². The average molecular weight is 310 g/mol. The highest BCUT2D eigenvalue weighted by Gasteiger charge is 2.10. The van der Waals surface area contributed by atoms with Crippen molar-refractivity contribution in [3.05, 3.63) is 71.3 Å². The van der Waals surface area contributed by atoms with Gasteiger partial charge in [-0.25, -0.2) is 0 Å². The Morgan fingerprint density at radius 2 is 1.61 bits per heavy atom. The van der Waals surface area contributed by atoms with Gasteiger partial charge in [0, 0.05) is 0 Å². The summed E-state index contributed by atoms with van der Waals surface area (Å²) >= 11 is 0. The lowest BCUT2D eigenvalue weighted by atomic mass is 10.1. The van der Waals surface area contributed by atoms with E-state index in [2.05, 4.69) is 10.6 Å². The molecule has 0 aromatic heterocycles. The molecule has 0 bridgehead atoms. The third kappa shape index (κ3) is 5.58. The first-order chi connectivity index (χ1) is 11.0. The number of rotatable bonds is 6. The molecule has 23 heavy (non-hydrogen) atoms. The third-order valence-corrected chi connectivity index (χ3v) is 3.61. The fourth-order valence-corrected chi connectivity index (χ4v) is 2.25. The van der Waals surface area contributed by atoms with E-state index in [-0.39, 0.29) is 30.8 Å². The highest BCUT2D eigenvalue weighted by molar-refractivity contribution is 5.85. The molecule has 2 N–H and O–H groups in total. The maximum absolute atomic E-state index is 11.9. The van der Waals surface area contributed by atoms with Gasteiger partial charge < -0.3 is 10.6 Å². The van der Waals surface area contributed by atoms with Crippen molar-refractivity contribution in [1.82, 2.24) is 10.6 Å². The Bertz CT molecular complexity index is 651. The van der Waals surface area contributed by atoms with Crippen molar-refractivity contribution >= 4 is 11.8 Å². The lowest BCUT2D eigenvalue weighted by Crippen LogP contribution is -2.38. The Hall–Kier alpha value is -2.62. The first kappa shape index (κ1) is 16.7. The predicted molar refractivity (Wildman–Crippen MR) is 90.9 cm³/mol. The zero-order valence-electron chi connectivity index (χ0n) is 13.5. The van der Waals surface area contributed by atoms with Crippen molar-refractivity contribution in [1.29, 1.82) is 0 Å². The van der Waals surface area contributed by atoms with E-state index < -0.39 is 0 Å². The fraction of sp³-hybridized carbons (Fsp3) is 0.263. The number of amides is 2. The second kappa shape index (κ2) is 8.13. The Morgan fingerprint density at radius 3 is 2.26 bits per heavy atom. The molecule has 120 valence electrons. The van der Waals surface area contributed by atoms with Crippen molar-refractivity contribution in [2.45, 2.75) is 26.3 Å². The van der Waals surface area contributed by atoms with Crippen LogP contribution in [0.2, 0.25) is 0 Å². The van der Waals surface area contributed by atoms with Gasteiger partial charge in [0.25, 0.3) is 0 Å². The summed E-state index contributed by atoms with van der Waals surface area (Å²) in [6, 6.07) is 17.4. The third-order valence-electron chi connectivity index (χ3n) is 3.61. The molecule has 0 saturated carbocycles. The minimum absolute atomic E-state index is 0.0120. The monoisotopic (exact) mass is 310 g/mol. The van der Waals surface area contributed by atoms with Crippen molar-refractivity contribution in [3.63, 3.8) is 0 Å². The highest BCUT2D eigenvalue weighted by atomic mass is 16.2. The van der Waals surface area contributed by atoms with E-state index in [9.17, 15) is 9.59 Å². The van der Waals surface area contributed by atoms with E-state index in [0.29, 0.717) is 0 Å². The molecule has 0 heterocycles. The number of nitrogens with one attached hydrogen (secondary N) is 2. The Morgan fingerprint density at radius 1 is 0.957 bits per heavy atom. The normalized spacial score (nSPS) is 11.6. The SMILES string of the molecule is Cc1ccc(CC(=O)NCC(=O)NC(C)c2ccccc2)cc1. The number of hydrogen-bond acceptors (Lipinski definition) is 2. The lowest BCUT2D eigenvalue weighted by molar-refractivity contribution is -0.126. The molecule has 4 heteroatoms. The Balaban J connectivity index is 1.75. The molecule has 2 amide bonds. The molecule has 0 aliphatic carbocycles. The molecule has 0 radical (unpaired) electrons. The van der Waals surface area contributed by atoms with Crippen LogP contribution >= 0.6 is 0 Å². The number of aryl methyl sites for hydroxylation is 1. The van der Waals surface area contributed by atoms with Gasteiger partial charge in [-0.3, -0.25) is 9.59 Å². The first-order valence-corrected chi connectivity index (χ1v) is 7.71. The second-order valence-electron chi connectivity index (χ2n) is 5.64. The topological polar surface area (TPSA) is 58.2 Å². The summed E-state index contributed by atoms with van der Waals surface area (Å²) in [5.74, 6) is -0.352. The number of carbonyl (C=O) groups is 2. The molecule has 0 spiro atoms. The fourth-order valence-electron chi connectivity index (χ4n) is 2.25. The molecule has 0 aliphatic heterocycles. The molecular weight excluding hydrogens is 288 g/mol. The molecule has 0 aliphatic rings. The smallest absolute Gasteiger partial charge is 0.239 e. The van der Waals surface area contributed by atoms with Crippen LogP contribution in [-0.4, -0.2) is 18.4 Å². The molecule has 1 atom stereocenters. The van der Waals surface area contributed by atoms with Gasteiger partial charge in [-0.2, -0.15) is 0 Å². The van der Waals surface area contributed by atoms with Crippen molar-refractivity contribution < 1.29 is 9.59 Å². The molecule has 4 nitrogen and oxygen atoms in total. The van der Waals surface area contributed by atoms with Gasteiger partial charge in [0.15, 0.2) is 0 Å². The quantitative estimate of drug-likeness (QED) is 0.861. The summed E-state index contributed by atoms with van der Waals surface area (Å²) in [6.45, 7) is 3.91. The van der Waals surface area contributed by atoms with E-state index in [4.69, 9.17) is 0 Å². The zero-order valence-corrected chi connectivity index (χ0v) is 13.5. The molecule has 0 saturated heterocycles. The van der Waals surface area contributed by atoms with Gasteiger partial charge >= 0.3 is 0 Å². The number of carbonyl (C=O) groups excluding carboxylic acids is 2. The van der Waals surface area contributed by atoms with Gasteiger partial charge in [0.1, 0.15) is 0 Å². The van der Waals surface area contributed by atoms with Crippen molar-refractivity contribution in [2.75, 3.05) is 6.54 Å². The molecule has 2 aromatic carbocycles. The Kier molecular flexibility index (Phi) is 5.92. The van der Waals surface area contributed by atoms with E-state index in [1.807, 2.05) is 68.4 Å². The first-order valence-electron chi connectivity index (χ1n) is 7.71. The largest absolute Gasteiger partial charge is 0.348 e. The van der Waals surface area contributed by atoms with Crippen LogP contribution in [0.25, 0.3) is 0 Å². The molecule has 2 aromatic rings. The summed E-state index contributed by atoms with van der Waals surface area (Å²) < 4.78 is 0. The lowest BCUT2D eigenvalue weighted by Gasteiger charge is -2.14. The van der Waals surface area contributed by atoms with Crippen LogP contribution in [0.4, 0.5) is 0 Å². The molecule has 0 fully saturated rings.